The van der Waals surface area contributed by atoms with Crippen molar-refractivity contribution in [3.05, 3.63) is 92.2 Å². The topological polar surface area (TPSA) is 112 Å². The molecule has 0 radical (unpaired) electrons. The van der Waals surface area contributed by atoms with Gasteiger partial charge in [-0.1, -0.05) is 28.1 Å². The Morgan fingerprint density at radius 2 is 1.94 bits per heavy atom. The van der Waals surface area contributed by atoms with Gasteiger partial charge in [0.2, 0.25) is 5.95 Å². The summed E-state index contributed by atoms with van der Waals surface area (Å²) in [4.78, 5) is 29.1. The fraction of sp³-hybridized carbons (Fsp3) is 0.115. The lowest BCUT2D eigenvalue weighted by Gasteiger charge is -2.12. The smallest absolute Gasteiger partial charge is 0.349 e. The Morgan fingerprint density at radius 1 is 1.17 bits per heavy atom. The van der Waals surface area contributed by atoms with Crippen LogP contribution in [0.1, 0.15) is 21.5 Å². The number of nitrogens with one attached hydrogen (secondary N) is 1. The van der Waals surface area contributed by atoms with Gasteiger partial charge in [0.1, 0.15) is 16.9 Å². The summed E-state index contributed by atoms with van der Waals surface area (Å²) in [6, 6.07) is 19.1. The normalized spacial score (nSPS) is 11.2. The summed E-state index contributed by atoms with van der Waals surface area (Å²) in [6.07, 6.45) is 0. The highest BCUT2D eigenvalue weighted by atomic mass is 79.9. The van der Waals surface area contributed by atoms with Crippen LogP contribution >= 0.6 is 15.9 Å². The minimum Gasteiger partial charge on any atom is -0.497 e. The van der Waals surface area contributed by atoms with Crippen LogP contribution in [0.25, 0.3) is 22.0 Å². The summed E-state index contributed by atoms with van der Waals surface area (Å²) in [5.74, 6) is 0.538. The van der Waals surface area contributed by atoms with Crippen LogP contribution in [-0.2, 0) is 6.54 Å². The molecule has 5 rings (SSSR count). The molecule has 0 bridgehead atoms. The average Bonchev–Trinajstić information content (AvgIpc) is 3.14. The van der Waals surface area contributed by atoms with E-state index in [9.17, 15) is 9.59 Å². The van der Waals surface area contributed by atoms with Gasteiger partial charge in [-0.15, -0.1) is 0 Å². The van der Waals surface area contributed by atoms with Crippen LogP contribution in [-0.4, -0.2) is 22.6 Å². The fourth-order valence-corrected chi connectivity index (χ4v) is 4.58. The molecule has 3 aromatic carbocycles. The van der Waals surface area contributed by atoms with Crippen molar-refractivity contribution in [3.63, 3.8) is 0 Å². The molecule has 35 heavy (non-hydrogen) atoms. The summed E-state index contributed by atoms with van der Waals surface area (Å²) in [7, 11) is 1.62. The summed E-state index contributed by atoms with van der Waals surface area (Å²) in [6.45, 7) is 2.20. The first-order valence-corrected chi connectivity index (χ1v) is 11.6. The van der Waals surface area contributed by atoms with Crippen molar-refractivity contribution in [2.24, 2.45) is 5.73 Å². The summed E-state index contributed by atoms with van der Waals surface area (Å²) < 4.78 is 13.7. The third-order valence-electron chi connectivity index (χ3n) is 5.86. The van der Waals surface area contributed by atoms with E-state index in [-0.39, 0.29) is 5.56 Å². The van der Waals surface area contributed by atoms with Crippen molar-refractivity contribution in [1.29, 1.82) is 0 Å². The Balaban J connectivity index is 1.71. The van der Waals surface area contributed by atoms with Gasteiger partial charge in [-0.05, 0) is 60.5 Å². The first-order chi connectivity index (χ1) is 16.8. The molecule has 0 spiro atoms. The number of fused-ring (bicyclic) bond motifs is 2. The van der Waals surface area contributed by atoms with E-state index in [0.29, 0.717) is 34.5 Å². The van der Waals surface area contributed by atoms with Crippen LogP contribution in [0.5, 0.6) is 5.75 Å². The number of anilines is 2. The standard InChI is InChI=1S/C26H21BrN4O4/c1-14-19-11-20-21(12-22(19)35-25(33)23(14)24(28)32)31(13-15-4-3-5-16(27)10-15)26(30-20)29-17-6-8-18(34-2)9-7-17/h3-12H,13H2,1-2H3,(H2,28,32)(H,29,30). The lowest BCUT2D eigenvalue weighted by atomic mass is 10.1. The Labute approximate surface area is 208 Å². The van der Waals surface area contributed by atoms with Gasteiger partial charge < -0.3 is 24.8 Å². The van der Waals surface area contributed by atoms with Crippen molar-refractivity contribution in [3.8, 4) is 5.75 Å². The number of imidazole rings is 1. The van der Waals surface area contributed by atoms with Gasteiger partial charge in [-0.25, -0.2) is 9.78 Å². The minimum atomic E-state index is -0.819. The van der Waals surface area contributed by atoms with Gasteiger partial charge in [0.25, 0.3) is 5.91 Å². The minimum absolute atomic E-state index is 0.151. The van der Waals surface area contributed by atoms with Gasteiger partial charge in [-0.2, -0.15) is 0 Å². The van der Waals surface area contributed by atoms with E-state index in [1.807, 2.05) is 59.2 Å². The third-order valence-corrected chi connectivity index (χ3v) is 6.35. The number of nitrogens with zero attached hydrogens (tertiary/aromatic N) is 2. The fourth-order valence-electron chi connectivity index (χ4n) is 4.13. The molecule has 0 aliphatic carbocycles. The second kappa shape index (κ2) is 8.92. The highest BCUT2D eigenvalue weighted by Gasteiger charge is 2.19. The Bertz CT molecular complexity index is 1650. The number of aryl methyl sites for hydroxylation is 1. The zero-order valence-corrected chi connectivity index (χ0v) is 20.5. The van der Waals surface area contributed by atoms with E-state index in [0.717, 1.165) is 27.0 Å². The molecule has 3 N–H and O–H groups in total. The zero-order chi connectivity index (χ0) is 24.7. The van der Waals surface area contributed by atoms with Crippen LogP contribution in [0.4, 0.5) is 11.6 Å². The second-order valence-corrected chi connectivity index (χ2v) is 9.01. The zero-order valence-electron chi connectivity index (χ0n) is 19.0. The largest absolute Gasteiger partial charge is 0.497 e. The van der Waals surface area contributed by atoms with E-state index in [2.05, 4.69) is 21.2 Å². The SMILES string of the molecule is COc1ccc(Nc2nc3cc4c(C)c(C(N)=O)c(=O)oc4cc3n2Cc2cccc(Br)c2)cc1. The van der Waals surface area contributed by atoms with Crippen LogP contribution in [0, 0.1) is 6.92 Å². The maximum atomic E-state index is 12.4. The van der Waals surface area contributed by atoms with E-state index >= 15 is 0 Å². The molecule has 0 atom stereocenters. The molecule has 5 aromatic rings. The third kappa shape index (κ3) is 4.26. The lowest BCUT2D eigenvalue weighted by Crippen LogP contribution is -2.22. The number of carbonyl (C=O) groups excluding carboxylic acids is 1. The van der Waals surface area contributed by atoms with Crippen LogP contribution in [0.3, 0.4) is 0 Å². The lowest BCUT2D eigenvalue weighted by molar-refractivity contribution is 0.0996. The number of hydrogen-bond donors (Lipinski definition) is 2. The Kier molecular flexibility index (Phi) is 5.78. The van der Waals surface area contributed by atoms with Crippen LogP contribution in [0.2, 0.25) is 0 Å². The first kappa shape index (κ1) is 22.7. The number of methoxy groups -OCH3 is 1. The number of halogens is 1. The van der Waals surface area contributed by atoms with E-state index < -0.39 is 11.5 Å². The van der Waals surface area contributed by atoms with Gasteiger partial charge in [0.05, 0.1) is 24.7 Å². The molecule has 2 aromatic heterocycles. The first-order valence-electron chi connectivity index (χ1n) is 10.8. The van der Waals surface area contributed by atoms with Crippen molar-refractivity contribution < 1.29 is 13.9 Å². The molecular formula is C26H21BrN4O4. The predicted octanol–water partition coefficient (Wildman–Crippen LogP) is 5.11. The summed E-state index contributed by atoms with van der Waals surface area (Å²) in [5, 5.41) is 3.98. The Hall–Kier alpha value is -4.11. The van der Waals surface area contributed by atoms with E-state index in [4.69, 9.17) is 19.9 Å². The molecule has 9 heteroatoms. The van der Waals surface area contributed by atoms with Gasteiger partial charge in [0, 0.05) is 21.6 Å². The van der Waals surface area contributed by atoms with Crippen molar-refractivity contribution >= 4 is 55.5 Å². The monoisotopic (exact) mass is 532 g/mol. The van der Waals surface area contributed by atoms with Gasteiger partial charge >= 0.3 is 5.63 Å². The van der Waals surface area contributed by atoms with Crippen LogP contribution in [0.15, 0.2) is 74.3 Å². The molecule has 0 aliphatic rings. The molecule has 0 aliphatic heterocycles. The molecule has 0 saturated heterocycles. The number of nitrogens with two attached hydrogens (primary N) is 1. The number of aromatic nitrogens is 2. The number of amides is 1. The molecular weight excluding hydrogens is 512 g/mol. The van der Waals surface area contributed by atoms with Crippen LogP contribution < -0.4 is 21.4 Å². The number of hydrogen-bond acceptors (Lipinski definition) is 6. The second-order valence-electron chi connectivity index (χ2n) is 8.10. The number of rotatable bonds is 6. The maximum absolute atomic E-state index is 12.4. The summed E-state index contributed by atoms with van der Waals surface area (Å²) in [5.41, 5.74) is 8.66. The molecule has 0 fully saturated rings. The molecule has 2 heterocycles. The number of ether oxygens (including phenoxy) is 1. The van der Waals surface area contributed by atoms with Gasteiger partial charge in [0.15, 0.2) is 0 Å². The number of carbonyl (C=O) groups is 1. The van der Waals surface area contributed by atoms with Gasteiger partial charge in [-0.3, -0.25) is 4.79 Å². The van der Waals surface area contributed by atoms with Crippen molar-refractivity contribution in [2.75, 3.05) is 12.4 Å². The highest BCUT2D eigenvalue weighted by Crippen LogP contribution is 2.30. The van der Waals surface area contributed by atoms with E-state index in [1.54, 1.807) is 20.1 Å². The van der Waals surface area contributed by atoms with Crippen molar-refractivity contribution in [2.45, 2.75) is 13.5 Å². The molecule has 0 unspecified atom stereocenters. The van der Waals surface area contributed by atoms with Crippen molar-refractivity contribution in [1.82, 2.24) is 9.55 Å². The summed E-state index contributed by atoms with van der Waals surface area (Å²) >= 11 is 3.53. The number of benzene rings is 3. The average molecular weight is 533 g/mol. The molecule has 0 saturated carbocycles. The van der Waals surface area contributed by atoms with E-state index in [1.165, 1.54) is 0 Å². The molecule has 8 nitrogen and oxygen atoms in total. The highest BCUT2D eigenvalue weighted by molar-refractivity contribution is 9.10. The number of primary amides is 1. The Morgan fingerprint density at radius 3 is 2.63 bits per heavy atom. The maximum Gasteiger partial charge on any atom is 0.349 e. The predicted molar refractivity (Wildman–Crippen MR) is 139 cm³/mol. The molecule has 1 amide bonds. The molecule has 176 valence electrons. The quantitative estimate of drug-likeness (QED) is 0.294.